The maximum Gasteiger partial charge on any atom is 0.222 e. The van der Waals surface area contributed by atoms with E-state index in [1.165, 1.54) is 6.42 Å². The highest BCUT2D eigenvalue weighted by Gasteiger charge is 2.26. The Morgan fingerprint density at radius 3 is 2.67 bits per heavy atom. The van der Waals surface area contributed by atoms with Gasteiger partial charge >= 0.3 is 0 Å². The maximum atomic E-state index is 11.9. The van der Waals surface area contributed by atoms with Crippen molar-refractivity contribution in [3.63, 3.8) is 0 Å². The molecule has 1 heterocycles. The summed E-state index contributed by atoms with van der Waals surface area (Å²) in [6, 6.07) is 0.477. The number of carbonyl (C=O) groups excluding carboxylic acids is 1. The zero-order valence-corrected chi connectivity index (χ0v) is 10.4. The summed E-state index contributed by atoms with van der Waals surface area (Å²) < 4.78 is 0. The molecule has 1 saturated heterocycles. The van der Waals surface area contributed by atoms with Crippen LogP contribution in [0.1, 0.15) is 33.6 Å². The Morgan fingerprint density at radius 2 is 2.13 bits per heavy atom. The summed E-state index contributed by atoms with van der Waals surface area (Å²) >= 11 is 0. The van der Waals surface area contributed by atoms with E-state index in [0.29, 0.717) is 30.2 Å². The Bertz CT molecular complexity index is 216. The van der Waals surface area contributed by atoms with Crippen LogP contribution in [-0.2, 0) is 4.79 Å². The van der Waals surface area contributed by atoms with Gasteiger partial charge < -0.3 is 10.2 Å². The zero-order chi connectivity index (χ0) is 11.4. The number of likely N-dealkylation sites (N-methyl/N-ethyl adjacent to an activating group) is 1. The molecule has 0 bridgehead atoms. The molecule has 0 aromatic rings. The fraction of sp³-hybridized carbons (Fsp3) is 0.917. The van der Waals surface area contributed by atoms with Crippen molar-refractivity contribution in [1.82, 2.24) is 10.2 Å². The van der Waals surface area contributed by atoms with Crippen molar-refractivity contribution in [2.24, 2.45) is 11.8 Å². The summed E-state index contributed by atoms with van der Waals surface area (Å²) in [4.78, 5) is 13.9. The molecule has 1 rings (SSSR count). The predicted octanol–water partition coefficient (Wildman–Crippen LogP) is 1.49. The van der Waals surface area contributed by atoms with Crippen molar-refractivity contribution >= 4 is 5.91 Å². The van der Waals surface area contributed by atoms with Crippen molar-refractivity contribution in [3.05, 3.63) is 0 Å². The minimum atomic E-state index is 0.316. The number of hydrogen-bond acceptors (Lipinski definition) is 2. The quantitative estimate of drug-likeness (QED) is 0.768. The van der Waals surface area contributed by atoms with Crippen LogP contribution in [-0.4, -0.2) is 37.0 Å². The molecule has 2 unspecified atom stereocenters. The molecule has 1 amide bonds. The van der Waals surface area contributed by atoms with Gasteiger partial charge in [0.25, 0.3) is 0 Å². The SMILES string of the molecule is CNC1CC(C)CN(C(=O)CC(C)C)C1. The molecule has 0 radical (unpaired) electrons. The van der Waals surface area contributed by atoms with Gasteiger partial charge in [0.05, 0.1) is 0 Å². The van der Waals surface area contributed by atoms with Crippen LogP contribution in [0.5, 0.6) is 0 Å². The van der Waals surface area contributed by atoms with Crippen molar-refractivity contribution in [2.45, 2.75) is 39.7 Å². The molecule has 0 aromatic carbocycles. The first-order chi connectivity index (χ1) is 7.02. The Kier molecular flexibility index (Phi) is 4.58. The number of likely N-dealkylation sites (tertiary alicyclic amines) is 1. The van der Waals surface area contributed by atoms with Gasteiger partial charge in [0, 0.05) is 25.6 Å². The Hall–Kier alpha value is -0.570. The van der Waals surface area contributed by atoms with Crippen LogP contribution in [0.2, 0.25) is 0 Å². The van der Waals surface area contributed by atoms with E-state index < -0.39 is 0 Å². The second kappa shape index (κ2) is 5.50. The van der Waals surface area contributed by atoms with Gasteiger partial charge in [0.15, 0.2) is 0 Å². The molecular formula is C12H24N2O. The van der Waals surface area contributed by atoms with Crippen LogP contribution in [0, 0.1) is 11.8 Å². The summed E-state index contributed by atoms with van der Waals surface area (Å²) in [6.07, 6.45) is 1.87. The van der Waals surface area contributed by atoms with Gasteiger partial charge in [-0.25, -0.2) is 0 Å². The van der Waals surface area contributed by atoms with Gasteiger partial charge in [0.1, 0.15) is 0 Å². The number of carbonyl (C=O) groups is 1. The summed E-state index contributed by atoms with van der Waals surface area (Å²) in [5.41, 5.74) is 0. The van der Waals surface area contributed by atoms with Gasteiger partial charge in [-0.1, -0.05) is 20.8 Å². The van der Waals surface area contributed by atoms with Crippen LogP contribution in [0.25, 0.3) is 0 Å². The number of rotatable bonds is 3. The van der Waals surface area contributed by atoms with Crippen LogP contribution >= 0.6 is 0 Å². The molecule has 88 valence electrons. The minimum Gasteiger partial charge on any atom is -0.341 e. The van der Waals surface area contributed by atoms with Gasteiger partial charge in [-0.3, -0.25) is 4.79 Å². The first-order valence-electron chi connectivity index (χ1n) is 5.98. The molecule has 0 aliphatic carbocycles. The number of nitrogens with zero attached hydrogens (tertiary/aromatic N) is 1. The molecule has 0 aromatic heterocycles. The monoisotopic (exact) mass is 212 g/mol. The molecule has 0 spiro atoms. The molecule has 1 aliphatic rings. The highest BCUT2D eigenvalue weighted by Crippen LogP contribution is 2.17. The molecule has 1 aliphatic heterocycles. The van der Waals surface area contributed by atoms with Gasteiger partial charge in [0.2, 0.25) is 5.91 Å². The first kappa shape index (κ1) is 12.5. The molecule has 1 N–H and O–H groups in total. The average Bonchev–Trinajstić information content (AvgIpc) is 2.15. The maximum absolute atomic E-state index is 11.9. The third-order valence-electron chi connectivity index (χ3n) is 3.00. The molecule has 0 saturated carbocycles. The van der Waals surface area contributed by atoms with Crippen molar-refractivity contribution < 1.29 is 4.79 Å². The van der Waals surface area contributed by atoms with Gasteiger partial charge in [-0.15, -0.1) is 0 Å². The van der Waals surface area contributed by atoms with Crippen LogP contribution < -0.4 is 5.32 Å². The van der Waals surface area contributed by atoms with E-state index in [9.17, 15) is 4.79 Å². The lowest BCUT2D eigenvalue weighted by Gasteiger charge is -2.36. The lowest BCUT2D eigenvalue weighted by molar-refractivity contribution is -0.134. The van der Waals surface area contributed by atoms with Crippen LogP contribution in [0.3, 0.4) is 0 Å². The second-order valence-electron chi connectivity index (χ2n) is 5.22. The van der Waals surface area contributed by atoms with E-state index in [4.69, 9.17) is 0 Å². The first-order valence-corrected chi connectivity index (χ1v) is 5.98. The molecular weight excluding hydrogens is 188 g/mol. The Morgan fingerprint density at radius 1 is 1.47 bits per heavy atom. The van der Waals surface area contributed by atoms with E-state index in [1.54, 1.807) is 0 Å². The topological polar surface area (TPSA) is 32.3 Å². The predicted molar refractivity (Wildman–Crippen MR) is 62.7 cm³/mol. The normalized spacial score (nSPS) is 27.1. The third-order valence-corrected chi connectivity index (χ3v) is 3.00. The number of piperidine rings is 1. The average molecular weight is 212 g/mol. The minimum absolute atomic E-state index is 0.316. The zero-order valence-electron chi connectivity index (χ0n) is 10.4. The fourth-order valence-corrected chi connectivity index (χ4v) is 2.24. The largest absolute Gasteiger partial charge is 0.341 e. The lowest BCUT2D eigenvalue weighted by atomic mass is 9.95. The molecule has 2 atom stereocenters. The smallest absolute Gasteiger partial charge is 0.222 e. The highest BCUT2D eigenvalue weighted by molar-refractivity contribution is 5.76. The third kappa shape index (κ3) is 3.82. The van der Waals surface area contributed by atoms with Crippen molar-refractivity contribution in [2.75, 3.05) is 20.1 Å². The summed E-state index contributed by atoms with van der Waals surface area (Å²) in [6.45, 7) is 8.23. The second-order valence-corrected chi connectivity index (χ2v) is 5.22. The van der Waals surface area contributed by atoms with E-state index in [1.807, 2.05) is 11.9 Å². The number of hydrogen-bond donors (Lipinski definition) is 1. The fourth-order valence-electron chi connectivity index (χ4n) is 2.24. The van der Waals surface area contributed by atoms with Gasteiger partial charge in [-0.2, -0.15) is 0 Å². The van der Waals surface area contributed by atoms with Crippen molar-refractivity contribution in [3.8, 4) is 0 Å². The van der Waals surface area contributed by atoms with Crippen LogP contribution in [0.4, 0.5) is 0 Å². The van der Waals surface area contributed by atoms with E-state index in [0.717, 1.165) is 13.1 Å². The summed E-state index contributed by atoms with van der Waals surface area (Å²) in [7, 11) is 1.98. The lowest BCUT2D eigenvalue weighted by Crippen LogP contribution is -2.50. The standard InChI is InChI=1S/C12H24N2O/c1-9(2)5-12(15)14-7-10(3)6-11(8-14)13-4/h9-11,13H,5-8H2,1-4H3. The highest BCUT2D eigenvalue weighted by atomic mass is 16.2. The molecule has 3 heteroatoms. The van der Waals surface area contributed by atoms with E-state index >= 15 is 0 Å². The van der Waals surface area contributed by atoms with Crippen LogP contribution in [0.15, 0.2) is 0 Å². The van der Waals surface area contributed by atoms with Gasteiger partial charge in [-0.05, 0) is 25.3 Å². The van der Waals surface area contributed by atoms with E-state index in [-0.39, 0.29) is 0 Å². The molecule has 15 heavy (non-hydrogen) atoms. The van der Waals surface area contributed by atoms with Crippen molar-refractivity contribution in [1.29, 1.82) is 0 Å². The summed E-state index contributed by atoms with van der Waals surface area (Å²) in [5.74, 6) is 1.40. The number of nitrogens with one attached hydrogen (secondary N) is 1. The summed E-state index contributed by atoms with van der Waals surface area (Å²) in [5, 5.41) is 3.28. The number of amides is 1. The Balaban J connectivity index is 2.50. The molecule has 1 fully saturated rings. The molecule has 3 nitrogen and oxygen atoms in total. The Labute approximate surface area is 93.2 Å². The van der Waals surface area contributed by atoms with E-state index in [2.05, 4.69) is 26.1 Å².